The lowest BCUT2D eigenvalue weighted by molar-refractivity contribution is 0.0785. The van der Waals surface area contributed by atoms with Crippen molar-refractivity contribution in [3.63, 3.8) is 0 Å². The van der Waals surface area contributed by atoms with E-state index in [2.05, 4.69) is 4.98 Å². The molecular formula is C23H20FN3O2. The minimum Gasteiger partial charge on any atom is -0.494 e. The number of rotatable bonds is 5. The fourth-order valence-corrected chi connectivity index (χ4v) is 3.30. The Balaban J connectivity index is 1.51. The first kappa shape index (κ1) is 18.7. The van der Waals surface area contributed by atoms with Crippen molar-refractivity contribution in [2.45, 2.75) is 6.54 Å². The maximum atomic E-state index is 13.9. The predicted octanol–water partition coefficient (Wildman–Crippen LogP) is 4.45. The Hall–Kier alpha value is -3.67. The zero-order chi connectivity index (χ0) is 20.4. The van der Waals surface area contributed by atoms with Crippen molar-refractivity contribution >= 4 is 16.9 Å². The summed E-state index contributed by atoms with van der Waals surface area (Å²) in [4.78, 5) is 18.7. The highest BCUT2D eigenvalue weighted by Crippen LogP contribution is 2.20. The molecule has 0 N–H and O–H groups in total. The normalized spacial score (nSPS) is 10.9. The second-order valence-corrected chi connectivity index (χ2v) is 6.78. The number of carbonyl (C=O) groups excluding carboxylic acids is 1. The van der Waals surface area contributed by atoms with Crippen molar-refractivity contribution in [2.75, 3.05) is 14.2 Å². The van der Waals surface area contributed by atoms with Gasteiger partial charge >= 0.3 is 0 Å². The minimum absolute atomic E-state index is 0.136. The first-order valence-electron chi connectivity index (χ1n) is 9.17. The van der Waals surface area contributed by atoms with E-state index in [4.69, 9.17) is 4.74 Å². The molecule has 1 heterocycles. The second kappa shape index (κ2) is 7.75. The van der Waals surface area contributed by atoms with Crippen LogP contribution in [0.3, 0.4) is 0 Å². The zero-order valence-corrected chi connectivity index (χ0v) is 16.2. The van der Waals surface area contributed by atoms with E-state index >= 15 is 0 Å². The van der Waals surface area contributed by atoms with Gasteiger partial charge in [-0.1, -0.05) is 18.2 Å². The highest BCUT2D eigenvalue weighted by molar-refractivity contribution is 5.94. The molecule has 0 bridgehead atoms. The molecule has 29 heavy (non-hydrogen) atoms. The number of ether oxygens (including phenoxy) is 1. The van der Waals surface area contributed by atoms with Gasteiger partial charge in [-0.3, -0.25) is 9.36 Å². The van der Waals surface area contributed by atoms with Crippen molar-refractivity contribution in [1.29, 1.82) is 0 Å². The molecule has 0 unspecified atom stereocenters. The third-order valence-corrected chi connectivity index (χ3v) is 4.83. The number of nitrogens with zero attached hydrogens (tertiary/aromatic N) is 3. The van der Waals surface area contributed by atoms with Crippen LogP contribution >= 0.6 is 0 Å². The minimum atomic E-state index is -0.442. The lowest BCUT2D eigenvalue weighted by atomic mass is 10.1. The highest BCUT2D eigenvalue weighted by atomic mass is 19.1. The summed E-state index contributed by atoms with van der Waals surface area (Å²) in [5.74, 6) is -0.392. The maximum Gasteiger partial charge on any atom is 0.253 e. The van der Waals surface area contributed by atoms with Crippen LogP contribution in [-0.4, -0.2) is 34.5 Å². The van der Waals surface area contributed by atoms with Gasteiger partial charge in [0.1, 0.15) is 6.33 Å². The molecule has 0 fully saturated rings. The van der Waals surface area contributed by atoms with E-state index in [1.165, 1.54) is 13.2 Å². The molecule has 0 saturated heterocycles. The van der Waals surface area contributed by atoms with Crippen LogP contribution in [0.4, 0.5) is 4.39 Å². The summed E-state index contributed by atoms with van der Waals surface area (Å²) in [6, 6.07) is 19.9. The van der Waals surface area contributed by atoms with E-state index < -0.39 is 5.82 Å². The maximum absolute atomic E-state index is 13.9. The summed E-state index contributed by atoms with van der Waals surface area (Å²) in [5.41, 5.74) is 4.11. The van der Waals surface area contributed by atoms with E-state index in [9.17, 15) is 9.18 Å². The standard InChI is InChI=1S/C23H20FN3O2/c1-26(14-16-7-12-22(29-2)19(24)13-16)23(28)17-8-10-18(11-9-17)27-15-25-20-5-3-4-6-21(20)27/h3-13,15H,14H2,1-2H3. The number of carbonyl (C=O) groups is 1. The van der Waals surface area contributed by atoms with Gasteiger partial charge in [0, 0.05) is 24.8 Å². The smallest absolute Gasteiger partial charge is 0.253 e. The number of halogens is 1. The number of amides is 1. The molecule has 1 amide bonds. The monoisotopic (exact) mass is 389 g/mol. The van der Waals surface area contributed by atoms with Gasteiger partial charge in [0.05, 0.1) is 18.1 Å². The van der Waals surface area contributed by atoms with Crippen molar-refractivity contribution in [3.8, 4) is 11.4 Å². The van der Waals surface area contributed by atoms with Crippen LogP contribution in [0.1, 0.15) is 15.9 Å². The van der Waals surface area contributed by atoms with E-state index in [1.54, 1.807) is 42.5 Å². The van der Waals surface area contributed by atoms with Gasteiger partial charge in [0.25, 0.3) is 5.91 Å². The van der Waals surface area contributed by atoms with Gasteiger partial charge in [-0.25, -0.2) is 9.37 Å². The summed E-state index contributed by atoms with van der Waals surface area (Å²) in [7, 11) is 3.12. The molecule has 4 aromatic rings. The third kappa shape index (κ3) is 3.69. The number of imidazole rings is 1. The number of para-hydroxylation sites is 2. The molecule has 3 aromatic carbocycles. The number of aromatic nitrogens is 2. The molecule has 1 aromatic heterocycles. The lowest BCUT2D eigenvalue weighted by Gasteiger charge is -2.18. The fourth-order valence-electron chi connectivity index (χ4n) is 3.30. The van der Waals surface area contributed by atoms with Gasteiger partial charge in [-0.05, 0) is 54.1 Å². The predicted molar refractivity (Wildman–Crippen MR) is 110 cm³/mol. The van der Waals surface area contributed by atoms with Crippen molar-refractivity contribution in [2.24, 2.45) is 0 Å². The van der Waals surface area contributed by atoms with Crippen LogP contribution in [0.25, 0.3) is 16.7 Å². The van der Waals surface area contributed by atoms with Gasteiger partial charge < -0.3 is 9.64 Å². The van der Waals surface area contributed by atoms with Crippen LogP contribution in [0.5, 0.6) is 5.75 Å². The zero-order valence-electron chi connectivity index (χ0n) is 16.2. The molecule has 0 aliphatic heterocycles. The summed E-state index contributed by atoms with van der Waals surface area (Å²) >= 11 is 0. The number of hydrogen-bond donors (Lipinski definition) is 0. The summed E-state index contributed by atoms with van der Waals surface area (Å²) in [6.45, 7) is 0.299. The van der Waals surface area contributed by atoms with Crippen molar-refractivity contribution < 1.29 is 13.9 Å². The largest absolute Gasteiger partial charge is 0.494 e. The molecule has 5 nitrogen and oxygen atoms in total. The quantitative estimate of drug-likeness (QED) is 0.507. The molecule has 0 radical (unpaired) electrons. The van der Waals surface area contributed by atoms with E-state index in [0.29, 0.717) is 17.7 Å². The Morgan fingerprint density at radius 1 is 1.10 bits per heavy atom. The Kier molecular flexibility index (Phi) is 4.99. The average Bonchev–Trinajstić information content (AvgIpc) is 3.17. The van der Waals surface area contributed by atoms with Gasteiger partial charge in [-0.2, -0.15) is 0 Å². The van der Waals surface area contributed by atoms with E-state index in [-0.39, 0.29) is 11.7 Å². The third-order valence-electron chi connectivity index (χ3n) is 4.83. The SMILES string of the molecule is COc1ccc(CN(C)C(=O)c2ccc(-n3cnc4ccccc43)cc2)cc1F. The average molecular weight is 389 g/mol. The Bertz CT molecular complexity index is 1170. The first-order chi connectivity index (χ1) is 14.1. The van der Waals surface area contributed by atoms with E-state index in [0.717, 1.165) is 16.7 Å². The van der Waals surface area contributed by atoms with Crippen molar-refractivity contribution in [1.82, 2.24) is 14.5 Å². The van der Waals surface area contributed by atoms with Crippen LogP contribution in [-0.2, 0) is 6.54 Å². The first-order valence-corrected chi connectivity index (χ1v) is 9.17. The highest BCUT2D eigenvalue weighted by Gasteiger charge is 2.14. The second-order valence-electron chi connectivity index (χ2n) is 6.78. The Morgan fingerprint density at radius 2 is 1.86 bits per heavy atom. The lowest BCUT2D eigenvalue weighted by Crippen LogP contribution is -2.26. The number of methoxy groups -OCH3 is 1. The molecule has 0 saturated carbocycles. The molecule has 0 atom stereocenters. The fraction of sp³-hybridized carbons (Fsp3) is 0.130. The van der Waals surface area contributed by atoms with Gasteiger partial charge in [0.2, 0.25) is 0 Å². The van der Waals surface area contributed by atoms with Crippen LogP contribution in [0.15, 0.2) is 73.1 Å². The van der Waals surface area contributed by atoms with Gasteiger partial charge in [0.15, 0.2) is 11.6 Å². The number of hydrogen-bond acceptors (Lipinski definition) is 3. The Labute approximate surface area is 168 Å². The number of fused-ring (bicyclic) bond motifs is 1. The van der Waals surface area contributed by atoms with Crippen LogP contribution < -0.4 is 4.74 Å². The Morgan fingerprint density at radius 3 is 2.59 bits per heavy atom. The summed E-state index contributed by atoms with van der Waals surface area (Å²) in [5, 5.41) is 0. The molecule has 6 heteroatoms. The summed E-state index contributed by atoms with van der Waals surface area (Å²) < 4.78 is 20.8. The van der Waals surface area contributed by atoms with Crippen LogP contribution in [0, 0.1) is 5.82 Å². The van der Waals surface area contributed by atoms with Gasteiger partial charge in [-0.15, -0.1) is 0 Å². The van der Waals surface area contributed by atoms with Crippen molar-refractivity contribution in [3.05, 3.63) is 90.0 Å². The molecule has 146 valence electrons. The summed E-state index contributed by atoms with van der Waals surface area (Å²) in [6.07, 6.45) is 1.77. The molecule has 0 aliphatic carbocycles. The molecular weight excluding hydrogens is 369 g/mol. The molecule has 0 spiro atoms. The van der Waals surface area contributed by atoms with E-state index in [1.807, 2.05) is 41.0 Å². The molecule has 0 aliphatic rings. The topological polar surface area (TPSA) is 47.4 Å². The van der Waals surface area contributed by atoms with Crippen LogP contribution in [0.2, 0.25) is 0 Å². The number of benzene rings is 3. The molecule has 4 rings (SSSR count).